The first kappa shape index (κ1) is 39.7. The highest BCUT2D eigenvalue weighted by Gasteiger charge is 2.23. The van der Waals surface area contributed by atoms with E-state index in [1.165, 1.54) is 62.4 Å². The van der Waals surface area contributed by atoms with Crippen LogP contribution < -0.4 is 20.1 Å². The normalized spacial score (nSPS) is 12.4. The van der Waals surface area contributed by atoms with Gasteiger partial charge in [-0.15, -0.1) is 0 Å². The molecular formula is C35H30N4O13S4. The molecule has 6 rings (SSSR count). The van der Waals surface area contributed by atoms with Crippen molar-refractivity contribution in [3.8, 4) is 11.5 Å². The summed E-state index contributed by atoms with van der Waals surface area (Å²) in [5, 5.41) is 26.1. The van der Waals surface area contributed by atoms with Crippen LogP contribution in [0.4, 0.5) is 27.5 Å². The van der Waals surface area contributed by atoms with E-state index in [9.17, 15) is 57.8 Å². The van der Waals surface area contributed by atoms with Gasteiger partial charge < -0.3 is 20.8 Å². The van der Waals surface area contributed by atoms with E-state index < -0.39 is 67.6 Å². The van der Waals surface area contributed by atoms with E-state index in [2.05, 4.69) is 20.1 Å². The van der Waals surface area contributed by atoms with Gasteiger partial charge in [0.25, 0.3) is 40.3 Å². The number of urea groups is 1. The van der Waals surface area contributed by atoms with Crippen molar-refractivity contribution in [2.75, 3.05) is 20.1 Å². The van der Waals surface area contributed by atoms with Crippen molar-refractivity contribution < 1.29 is 57.8 Å². The fourth-order valence-corrected chi connectivity index (χ4v) is 9.50. The lowest BCUT2D eigenvalue weighted by Gasteiger charge is -2.16. The van der Waals surface area contributed by atoms with E-state index in [0.717, 1.165) is 48.5 Å². The Hall–Kier alpha value is -5.97. The number of hydrogen-bond donors (Lipinski definition) is 8. The van der Waals surface area contributed by atoms with E-state index in [4.69, 9.17) is 0 Å². The molecule has 8 N–H and O–H groups in total. The van der Waals surface area contributed by atoms with Gasteiger partial charge in [0.1, 0.15) is 11.5 Å². The lowest BCUT2D eigenvalue weighted by Crippen LogP contribution is -2.21. The van der Waals surface area contributed by atoms with Crippen molar-refractivity contribution in [3.63, 3.8) is 0 Å². The van der Waals surface area contributed by atoms with Crippen LogP contribution >= 0.6 is 0 Å². The predicted molar refractivity (Wildman–Crippen MR) is 207 cm³/mol. The Kier molecular flexibility index (Phi) is 10.1. The molecule has 292 valence electrons. The molecule has 0 fully saturated rings. The monoisotopic (exact) mass is 842 g/mol. The lowest BCUT2D eigenvalue weighted by molar-refractivity contribution is 0.262. The Morgan fingerprint density at radius 2 is 0.875 bits per heavy atom. The van der Waals surface area contributed by atoms with Gasteiger partial charge in [0, 0.05) is 34.3 Å². The molecule has 0 spiro atoms. The summed E-state index contributed by atoms with van der Waals surface area (Å²) in [4.78, 5) is 11.6. The number of nitrogens with one attached hydrogen (secondary N) is 4. The Morgan fingerprint density at radius 3 is 1.23 bits per heavy atom. The first-order valence-electron chi connectivity index (χ1n) is 15.8. The van der Waals surface area contributed by atoms with E-state index in [0.29, 0.717) is 0 Å². The highest BCUT2D eigenvalue weighted by atomic mass is 32.2. The van der Waals surface area contributed by atoms with Crippen LogP contribution in [0.3, 0.4) is 0 Å². The first-order valence-corrected chi connectivity index (χ1v) is 21.7. The second-order valence-electron chi connectivity index (χ2n) is 12.5. The quantitative estimate of drug-likeness (QED) is 0.0763. The van der Waals surface area contributed by atoms with Gasteiger partial charge in [0.15, 0.2) is 0 Å². The van der Waals surface area contributed by atoms with Crippen molar-refractivity contribution in [3.05, 3.63) is 108 Å². The Labute approximate surface area is 320 Å². The van der Waals surface area contributed by atoms with Crippen molar-refractivity contribution in [1.29, 1.82) is 0 Å². The molecule has 0 aromatic heterocycles. The smallest absolute Gasteiger partial charge is 0.323 e. The van der Waals surface area contributed by atoms with Crippen molar-refractivity contribution in [2.24, 2.45) is 0 Å². The van der Waals surface area contributed by atoms with Crippen LogP contribution in [0.15, 0.2) is 117 Å². The van der Waals surface area contributed by atoms with Crippen LogP contribution in [-0.2, 0) is 40.3 Å². The van der Waals surface area contributed by atoms with Crippen molar-refractivity contribution >= 4 is 90.6 Å². The van der Waals surface area contributed by atoms with Crippen molar-refractivity contribution in [2.45, 2.75) is 33.4 Å². The maximum atomic E-state index is 13.6. The number of hydrogen-bond acceptors (Lipinski definition) is 11. The van der Waals surface area contributed by atoms with Crippen LogP contribution in [0.1, 0.15) is 11.1 Å². The Balaban J connectivity index is 1.22. The largest absolute Gasteiger partial charge is 0.508 e. The number of aryl methyl sites for hydroxylation is 2. The van der Waals surface area contributed by atoms with Gasteiger partial charge in [0.2, 0.25) is 0 Å². The molecule has 0 aliphatic rings. The number of benzene rings is 6. The summed E-state index contributed by atoms with van der Waals surface area (Å²) in [5.41, 5.74) is 0.339. The van der Waals surface area contributed by atoms with Gasteiger partial charge in [-0.3, -0.25) is 18.5 Å². The molecule has 2 amide bonds. The van der Waals surface area contributed by atoms with Gasteiger partial charge >= 0.3 is 6.03 Å². The summed E-state index contributed by atoms with van der Waals surface area (Å²) < 4.78 is 124. The molecule has 0 saturated heterocycles. The topological polar surface area (TPSA) is 283 Å². The summed E-state index contributed by atoms with van der Waals surface area (Å²) in [6.45, 7) is 2.99. The number of fused-ring (bicyclic) bond motifs is 2. The average molecular weight is 843 g/mol. The van der Waals surface area contributed by atoms with Crippen LogP contribution in [0, 0.1) is 13.8 Å². The highest BCUT2D eigenvalue weighted by molar-refractivity contribution is 7.93. The van der Waals surface area contributed by atoms with Crippen LogP contribution in [-0.4, -0.2) is 59.0 Å². The molecule has 6 aromatic carbocycles. The Morgan fingerprint density at radius 1 is 0.500 bits per heavy atom. The Bertz CT molecular complexity index is 2880. The molecule has 0 bridgehead atoms. The summed E-state index contributed by atoms with van der Waals surface area (Å²) in [6.07, 6.45) is 0. The molecule has 0 radical (unpaired) electrons. The maximum Gasteiger partial charge on any atom is 0.323 e. The lowest BCUT2D eigenvalue weighted by atomic mass is 10.1. The first-order chi connectivity index (χ1) is 26.0. The summed E-state index contributed by atoms with van der Waals surface area (Å²) in [5.74, 6) is -0.807. The standard InChI is InChI=1S/C35H30N4O13S4/c1-19-3-5-23(15-33(19)53(43,44)38-31-17-25(40)11-21-13-27(55(47,48)49)7-9-29(21)31)36-35(42)37-24-6-4-20(2)34(16-24)54(45,46)39-32-18-26(41)12-22-14-28(56(50,51)52)8-10-30(22)32/h3-18,38-41H,1-2H3,(H2,36,37,42)(H,47,48,49)(H,50,51,52). The number of carbonyl (C=O) groups excluding carboxylic acids is 1. The molecular weight excluding hydrogens is 813 g/mol. The van der Waals surface area contributed by atoms with Crippen LogP contribution in [0.25, 0.3) is 21.5 Å². The molecule has 0 saturated carbocycles. The number of amides is 2. The van der Waals surface area contributed by atoms with Gasteiger partial charge in [0.05, 0.1) is 31.0 Å². The second-order valence-corrected chi connectivity index (χ2v) is 18.6. The van der Waals surface area contributed by atoms with Crippen LogP contribution in [0.2, 0.25) is 0 Å². The van der Waals surface area contributed by atoms with E-state index in [-0.39, 0.29) is 65.2 Å². The fourth-order valence-electron chi connectivity index (χ4n) is 5.78. The molecule has 0 unspecified atom stereocenters. The fraction of sp³-hybridized carbons (Fsp3) is 0.0571. The van der Waals surface area contributed by atoms with E-state index in [1.807, 2.05) is 0 Å². The third-order valence-corrected chi connectivity index (χ3v) is 13.1. The number of aromatic hydroxyl groups is 2. The SMILES string of the molecule is Cc1ccc(NC(=O)Nc2ccc(C)c(S(=O)(=O)Nc3cc(O)cc4cc(S(=O)(=O)O)ccc34)c2)cc1S(=O)(=O)Nc1cc(O)cc2cc(S(=O)(=O)O)ccc12. The maximum absolute atomic E-state index is 13.6. The summed E-state index contributed by atoms with van der Waals surface area (Å²) in [7, 11) is -18.0. The van der Waals surface area contributed by atoms with Gasteiger partial charge in [-0.2, -0.15) is 16.8 Å². The van der Waals surface area contributed by atoms with E-state index >= 15 is 0 Å². The minimum Gasteiger partial charge on any atom is -0.508 e. The zero-order valence-electron chi connectivity index (χ0n) is 28.8. The number of carbonyl (C=O) groups is 1. The zero-order valence-corrected chi connectivity index (χ0v) is 32.1. The average Bonchev–Trinajstić information content (AvgIpc) is 3.08. The van der Waals surface area contributed by atoms with Gasteiger partial charge in [-0.1, -0.05) is 24.3 Å². The second kappa shape index (κ2) is 14.3. The zero-order chi connectivity index (χ0) is 41.0. The minimum absolute atomic E-state index is 0.0154. The minimum atomic E-state index is -4.59. The predicted octanol–water partition coefficient (Wildman–Crippen LogP) is 5.76. The number of phenolic OH excluding ortho intramolecular Hbond substituents is 2. The molecule has 0 atom stereocenters. The van der Waals surface area contributed by atoms with Crippen molar-refractivity contribution in [1.82, 2.24) is 0 Å². The number of anilines is 4. The van der Waals surface area contributed by atoms with E-state index in [1.54, 1.807) is 0 Å². The molecule has 56 heavy (non-hydrogen) atoms. The third-order valence-electron chi connectivity index (χ3n) is 8.37. The van der Waals surface area contributed by atoms with Crippen LogP contribution in [0.5, 0.6) is 11.5 Å². The molecule has 0 aliphatic carbocycles. The number of rotatable bonds is 10. The number of phenols is 2. The summed E-state index contributed by atoms with van der Waals surface area (Å²) in [6, 6.07) is 18.4. The molecule has 6 aromatic rings. The highest BCUT2D eigenvalue weighted by Crippen LogP contribution is 2.35. The molecule has 17 nitrogen and oxygen atoms in total. The summed E-state index contributed by atoms with van der Waals surface area (Å²) >= 11 is 0. The number of sulfonamides is 2. The van der Waals surface area contributed by atoms with Gasteiger partial charge in [-0.05, 0) is 96.4 Å². The molecule has 0 heterocycles. The van der Waals surface area contributed by atoms with Gasteiger partial charge in [-0.25, -0.2) is 21.6 Å². The molecule has 0 aliphatic heterocycles. The molecule has 21 heteroatoms. The third kappa shape index (κ3) is 8.46.